The fraction of sp³-hybridized carbons (Fsp3) is 0.421. The van der Waals surface area contributed by atoms with Gasteiger partial charge in [-0.2, -0.15) is 8.78 Å². The maximum atomic E-state index is 14.2. The molecule has 1 aromatic carbocycles. The number of aromatic nitrogens is 2. The van der Waals surface area contributed by atoms with Gasteiger partial charge in [-0.1, -0.05) is 13.0 Å². The van der Waals surface area contributed by atoms with Gasteiger partial charge in [-0.3, -0.25) is 14.6 Å². The third-order valence-electron chi connectivity index (χ3n) is 4.90. The summed E-state index contributed by atoms with van der Waals surface area (Å²) in [5, 5.41) is 2.80. The molecular weight excluding hydrogens is 389 g/mol. The molecule has 1 fully saturated rings. The highest BCUT2D eigenvalue weighted by atomic mass is 19.3. The van der Waals surface area contributed by atoms with Gasteiger partial charge in [-0.15, -0.1) is 0 Å². The number of aromatic amines is 1. The molecule has 7 nitrogen and oxygen atoms in total. The normalized spacial score (nSPS) is 15.7. The zero-order valence-corrected chi connectivity index (χ0v) is 16.1. The Kier molecular flexibility index (Phi) is 5.54. The second-order valence-corrected chi connectivity index (χ2v) is 7.48. The molecule has 0 radical (unpaired) electrons. The van der Waals surface area contributed by atoms with Gasteiger partial charge < -0.3 is 15.0 Å². The lowest BCUT2D eigenvalue weighted by atomic mass is 9.91. The largest absolute Gasteiger partial charge is 0.432 e. The average Bonchev–Trinajstić information content (AvgIpc) is 3.38. The molecule has 0 bridgehead atoms. The third-order valence-corrected chi connectivity index (χ3v) is 4.90. The monoisotopic (exact) mass is 410 g/mol. The van der Waals surface area contributed by atoms with E-state index in [4.69, 9.17) is 0 Å². The SMILES string of the molecule is CN(C)c1nc(C(=O)N[C@@H](c2ccc(OC(F)F)c(F)c2)C2(C)CC2)cc(=O)[nH]1. The summed E-state index contributed by atoms with van der Waals surface area (Å²) in [6.45, 7) is -1.21. The first-order chi connectivity index (χ1) is 13.6. The average molecular weight is 410 g/mol. The molecule has 0 aliphatic heterocycles. The van der Waals surface area contributed by atoms with Gasteiger partial charge in [0, 0.05) is 20.2 Å². The van der Waals surface area contributed by atoms with Crippen LogP contribution in [-0.2, 0) is 0 Å². The predicted octanol–water partition coefficient (Wildman–Crippen LogP) is 2.85. The van der Waals surface area contributed by atoms with Gasteiger partial charge in [0.1, 0.15) is 5.69 Å². The van der Waals surface area contributed by atoms with Crippen molar-refractivity contribution >= 4 is 11.9 Å². The number of ether oxygens (including phenoxy) is 1. The number of hydrogen-bond donors (Lipinski definition) is 2. The van der Waals surface area contributed by atoms with Crippen LogP contribution >= 0.6 is 0 Å². The predicted molar refractivity (Wildman–Crippen MR) is 99.8 cm³/mol. The summed E-state index contributed by atoms with van der Waals surface area (Å²) in [7, 11) is 3.33. The van der Waals surface area contributed by atoms with Crippen LogP contribution in [0.3, 0.4) is 0 Å². The van der Waals surface area contributed by atoms with Crippen molar-refractivity contribution in [2.24, 2.45) is 5.41 Å². The number of amides is 1. The van der Waals surface area contributed by atoms with E-state index in [9.17, 15) is 22.8 Å². The van der Waals surface area contributed by atoms with Crippen molar-refractivity contribution in [3.8, 4) is 5.75 Å². The Labute approximate surface area is 164 Å². The van der Waals surface area contributed by atoms with Crippen LogP contribution in [0.25, 0.3) is 0 Å². The maximum absolute atomic E-state index is 14.2. The molecule has 10 heteroatoms. The summed E-state index contributed by atoms with van der Waals surface area (Å²) < 4.78 is 43.0. The lowest BCUT2D eigenvalue weighted by Crippen LogP contribution is -2.35. The Hall–Kier alpha value is -3.04. The molecule has 0 unspecified atom stereocenters. The summed E-state index contributed by atoms with van der Waals surface area (Å²) in [4.78, 5) is 32.8. The van der Waals surface area contributed by atoms with Crippen molar-refractivity contribution < 1.29 is 22.7 Å². The van der Waals surface area contributed by atoms with E-state index < -0.39 is 35.7 Å². The molecule has 29 heavy (non-hydrogen) atoms. The minimum Gasteiger partial charge on any atom is -0.432 e. The fourth-order valence-corrected chi connectivity index (χ4v) is 3.01. The Bertz CT molecular complexity index is 973. The highest BCUT2D eigenvalue weighted by molar-refractivity contribution is 5.92. The Morgan fingerprint density at radius 3 is 2.55 bits per heavy atom. The lowest BCUT2D eigenvalue weighted by Gasteiger charge is -2.26. The standard InChI is InChI=1S/C19H21F3N4O3/c1-19(6-7-19)15(10-4-5-13(11(20)8-10)29-17(21)22)25-16(28)12-9-14(27)24-18(23-12)26(2)3/h4-5,8-9,15,17H,6-7H2,1-3H3,(H,25,28)(H,23,24,27)/t15-/m0/s1. The zero-order valence-electron chi connectivity index (χ0n) is 16.1. The third kappa shape index (κ3) is 4.69. The molecule has 1 aliphatic rings. The molecule has 1 aliphatic carbocycles. The molecular formula is C19H21F3N4O3. The molecule has 1 atom stereocenters. The van der Waals surface area contributed by atoms with Gasteiger partial charge in [0.05, 0.1) is 6.04 Å². The first-order valence-electron chi connectivity index (χ1n) is 8.93. The Morgan fingerprint density at radius 1 is 1.31 bits per heavy atom. The van der Waals surface area contributed by atoms with Crippen LogP contribution in [0.15, 0.2) is 29.1 Å². The molecule has 3 rings (SSSR count). The van der Waals surface area contributed by atoms with Gasteiger partial charge in [0.25, 0.3) is 11.5 Å². The van der Waals surface area contributed by atoms with Crippen LogP contribution in [-0.4, -0.2) is 36.6 Å². The first kappa shape index (κ1) is 20.7. The van der Waals surface area contributed by atoms with Gasteiger partial charge in [-0.25, -0.2) is 9.37 Å². The van der Waals surface area contributed by atoms with Crippen LogP contribution < -0.4 is 20.5 Å². The molecule has 1 heterocycles. The smallest absolute Gasteiger partial charge is 0.387 e. The molecule has 0 saturated heterocycles. The van der Waals surface area contributed by atoms with Crippen molar-refractivity contribution in [1.29, 1.82) is 0 Å². The molecule has 2 aromatic rings. The van der Waals surface area contributed by atoms with Crippen LogP contribution in [0.2, 0.25) is 0 Å². The second kappa shape index (κ2) is 7.76. The van der Waals surface area contributed by atoms with Gasteiger partial charge in [-0.05, 0) is 36.0 Å². The highest BCUT2D eigenvalue weighted by Gasteiger charge is 2.46. The highest BCUT2D eigenvalue weighted by Crippen LogP contribution is 2.54. The summed E-state index contributed by atoms with van der Waals surface area (Å²) in [5.74, 6) is -1.89. The summed E-state index contributed by atoms with van der Waals surface area (Å²) in [6, 6.07) is 4.11. The quantitative estimate of drug-likeness (QED) is 0.733. The van der Waals surface area contributed by atoms with E-state index in [1.165, 1.54) is 6.07 Å². The number of rotatable bonds is 7. The molecule has 2 N–H and O–H groups in total. The van der Waals surface area contributed by atoms with Gasteiger partial charge in [0.2, 0.25) is 5.95 Å². The summed E-state index contributed by atoms with van der Waals surface area (Å²) >= 11 is 0. The number of nitrogens with one attached hydrogen (secondary N) is 2. The zero-order chi connectivity index (χ0) is 21.3. The number of anilines is 1. The number of carbonyl (C=O) groups is 1. The second-order valence-electron chi connectivity index (χ2n) is 7.48. The number of nitrogens with zero attached hydrogens (tertiary/aromatic N) is 2. The van der Waals surface area contributed by atoms with E-state index in [2.05, 4.69) is 20.0 Å². The minimum absolute atomic E-state index is 0.0789. The van der Waals surface area contributed by atoms with Crippen LogP contribution in [0.5, 0.6) is 5.75 Å². The Morgan fingerprint density at radius 2 is 2.00 bits per heavy atom. The molecule has 156 valence electrons. The van der Waals surface area contributed by atoms with Crippen LogP contribution in [0.4, 0.5) is 19.1 Å². The van der Waals surface area contributed by atoms with Crippen molar-refractivity contribution in [2.75, 3.05) is 19.0 Å². The number of hydrogen-bond acceptors (Lipinski definition) is 5. The topological polar surface area (TPSA) is 87.3 Å². The van der Waals surface area contributed by atoms with E-state index in [0.29, 0.717) is 5.56 Å². The van der Waals surface area contributed by atoms with E-state index in [1.807, 2.05) is 6.92 Å². The van der Waals surface area contributed by atoms with Gasteiger partial charge in [0.15, 0.2) is 11.6 Å². The van der Waals surface area contributed by atoms with E-state index in [-0.39, 0.29) is 17.1 Å². The number of carbonyl (C=O) groups excluding carboxylic acids is 1. The van der Waals surface area contributed by atoms with Crippen molar-refractivity contribution in [3.05, 3.63) is 51.7 Å². The minimum atomic E-state index is -3.14. The fourth-order valence-electron chi connectivity index (χ4n) is 3.01. The number of alkyl halides is 2. The van der Waals surface area contributed by atoms with Crippen LogP contribution in [0, 0.1) is 11.2 Å². The van der Waals surface area contributed by atoms with E-state index in [0.717, 1.165) is 31.0 Å². The number of halogens is 3. The molecule has 0 spiro atoms. The Balaban J connectivity index is 1.89. The first-order valence-corrected chi connectivity index (χ1v) is 8.93. The van der Waals surface area contributed by atoms with Gasteiger partial charge >= 0.3 is 6.61 Å². The van der Waals surface area contributed by atoms with Crippen LogP contribution in [0.1, 0.15) is 41.9 Å². The van der Waals surface area contributed by atoms with Crippen molar-refractivity contribution in [1.82, 2.24) is 15.3 Å². The number of benzene rings is 1. The van der Waals surface area contributed by atoms with Crippen molar-refractivity contribution in [2.45, 2.75) is 32.4 Å². The lowest BCUT2D eigenvalue weighted by molar-refractivity contribution is -0.0522. The van der Waals surface area contributed by atoms with E-state index >= 15 is 0 Å². The molecule has 1 saturated carbocycles. The maximum Gasteiger partial charge on any atom is 0.387 e. The summed E-state index contributed by atoms with van der Waals surface area (Å²) in [6.07, 6.45) is 1.58. The summed E-state index contributed by atoms with van der Waals surface area (Å²) in [5.41, 5.74) is -0.471. The van der Waals surface area contributed by atoms with Crippen molar-refractivity contribution in [3.63, 3.8) is 0 Å². The number of H-pyrrole nitrogens is 1. The molecule has 1 amide bonds. The van der Waals surface area contributed by atoms with E-state index in [1.54, 1.807) is 19.0 Å². The molecule has 1 aromatic heterocycles.